The summed E-state index contributed by atoms with van der Waals surface area (Å²) >= 11 is 0. The molecule has 23 heavy (non-hydrogen) atoms. The van der Waals surface area contributed by atoms with E-state index in [0.29, 0.717) is 6.42 Å². The van der Waals surface area contributed by atoms with Gasteiger partial charge in [-0.1, -0.05) is 64.7 Å². The molecular formula is C15H34Na2O5S. The van der Waals surface area contributed by atoms with Crippen LogP contribution < -0.4 is 59.1 Å². The molecule has 0 fully saturated rings. The van der Waals surface area contributed by atoms with Crippen LogP contribution in [0.1, 0.15) is 74.0 Å². The molecule has 8 heteroatoms. The van der Waals surface area contributed by atoms with Gasteiger partial charge in [0.25, 0.3) is 10.1 Å². The average molecular weight is 372 g/mol. The summed E-state index contributed by atoms with van der Waals surface area (Å²) in [5.74, 6) is -0.540. The first kappa shape index (κ1) is 29.6. The predicted molar refractivity (Wildman–Crippen MR) is 86.9 cm³/mol. The van der Waals surface area contributed by atoms with E-state index in [1.165, 1.54) is 44.9 Å². The monoisotopic (exact) mass is 372 g/mol. The summed E-state index contributed by atoms with van der Waals surface area (Å²) in [6.45, 7) is 1.81. The third kappa shape index (κ3) is 21.8. The maximum Gasteiger partial charge on any atom is 1.00 e. The van der Waals surface area contributed by atoms with Gasteiger partial charge in [-0.15, -0.1) is 0 Å². The summed E-state index contributed by atoms with van der Waals surface area (Å²) in [6.07, 6.45) is 10.5. The topological polar surface area (TPSA) is 83.8 Å². The first-order valence-electron chi connectivity index (χ1n) is 8.18. The van der Waals surface area contributed by atoms with Crippen molar-refractivity contribution in [2.75, 3.05) is 19.0 Å². The van der Waals surface area contributed by atoms with E-state index < -0.39 is 28.6 Å². The van der Waals surface area contributed by atoms with Crippen molar-refractivity contribution in [2.45, 2.75) is 77.2 Å². The molecule has 0 amide bonds. The van der Waals surface area contributed by atoms with Crippen LogP contribution in [0.15, 0.2) is 0 Å². The van der Waals surface area contributed by atoms with Crippen molar-refractivity contribution < 1.29 is 84.8 Å². The number of hydrogen-bond donors (Lipinski definition) is 2. The summed E-state index contributed by atoms with van der Waals surface area (Å²) in [5, 5.41) is 17.6. The summed E-state index contributed by atoms with van der Waals surface area (Å²) in [6, 6.07) is 0. The Labute approximate surface area is 189 Å². The van der Waals surface area contributed by atoms with E-state index in [-0.39, 0.29) is 68.6 Å². The van der Waals surface area contributed by atoms with Crippen LogP contribution in [0.5, 0.6) is 0 Å². The smallest absolute Gasteiger partial charge is 1.00 e. The predicted octanol–water partition coefficient (Wildman–Crippen LogP) is -3.16. The molecule has 132 valence electrons. The fourth-order valence-electron chi connectivity index (χ4n) is 2.11. The molecule has 0 aromatic carbocycles. The van der Waals surface area contributed by atoms with Gasteiger partial charge in [0, 0.05) is 0 Å². The van der Waals surface area contributed by atoms with Crippen molar-refractivity contribution in [1.29, 1.82) is 0 Å². The third-order valence-corrected chi connectivity index (χ3v) is 4.69. The SMILES string of the molecule is CCCCCCCCCCCCOS(=O)(=O)CC(O)CO.[H-].[H-].[Na+].[Na+]. The molecule has 5 nitrogen and oxygen atoms in total. The van der Waals surface area contributed by atoms with Crippen molar-refractivity contribution in [3.8, 4) is 0 Å². The number of aliphatic hydroxyl groups excluding tert-OH is 2. The maximum absolute atomic E-state index is 11.4. The number of aliphatic hydroxyl groups is 2. The molecule has 0 aromatic heterocycles. The molecule has 1 unspecified atom stereocenters. The Morgan fingerprint density at radius 3 is 1.78 bits per heavy atom. The van der Waals surface area contributed by atoms with Gasteiger partial charge in [-0.25, -0.2) is 0 Å². The van der Waals surface area contributed by atoms with Gasteiger partial charge >= 0.3 is 59.1 Å². The van der Waals surface area contributed by atoms with Gasteiger partial charge in [0.15, 0.2) is 0 Å². The van der Waals surface area contributed by atoms with E-state index in [4.69, 9.17) is 14.4 Å². The minimum atomic E-state index is -3.71. The molecule has 0 aliphatic rings. The van der Waals surface area contributed by atoms with Crippen LogP contribution in [0, 0.1) is 0 Å². The Kier molecular flexibility index (Phi) is 25.9. The van der Waals surface area contributed by atoms with Crippen LogP contribution in [0.3, 0.4) is 0 Å². The van der Waals surface area contributed by atoms with Crippen LogP contribution in [0.4, 0.5) is 0 Å². The van der Waals surface area contributed by atoms with Gasteiger partial charge in [0.05, 0.1) is 19.3 Å². The van der Waals surface area contributed by atoms with Gasteiger partial charge in [-0.05, 0) is 6.42 Å². The fourth-order valence-corrected chi connectivity index (χ4v) is 3.16. The van der Waals surface area contributed by atoms with E-state index in [9.17, 15) is 8.42 Å². The first-order valence-corrected chi connectivity index (χ1v) is 9.75. The number of unbranched alkanes of at least 4 members (excludes halogenated alkanes) is 9. The maximum atomic E-state index is 11.4. The average Bonchev–Trinajstić information content (AvgIpc) is 2.44. The second kappa shape index (κ2) is 20.1. The first-order chi connectivity index (χ1) is 10.0. The quantitative estimate of drug-likeness (QED) is 0.180. The molecule has 0 spiro atoms. The molecule has 1 atom stereocenters. The number of hydrogen-bond acceptors (Lipinski definition) is 5. The van der Waals surface area contributed by atoms with E-state index in [0.717, 1.165) is 12.8 Å². The van der Waals surface area contributed by atoms with E-state index >= 15 is 0 Å². The Morgan fingerprint density at radius 2 is 1.35 bits per heavy atom. The van der Waals surface area contributed by atoms with Crippen molar-refractivity contribution in [1.82, 2.24) is 0 Å². The third-order valence-electron chi connectivity index (χ3n) is 3.37. The zero-order valence-electron chi connectivity index (χ0n) is 17.3. The molecule has 0 saturated carbocycles. The Morgan fingerprint density at radius 1 is 0.913 bits per heavy atom. The van der Waals surface area contributed by atoms with E-state index in [1.807, 2.05) is 0 Å². The van der Waals surface area contributed by atoms with Gasteiger partial charge in [0.1, 0.15) is 5.75 Å². The molecule has 0 saturated heterocycles. The second-order valence-corrected chi connectivity index (χ2v) is 7.25. The van der Waals surface area contributed by atoms with Crippen molar-refractivity contribution in [2.24, 2.45) is 0 Å². The zero-order valence-corrected chi connectivity index (χ0v) is 20.1. The molecule has 0 heterocycles. The van der Waals surface area contributed by atoms with Crippen molar-refractivity contribution in [3.63, 3.8) is 0 Å². The molecule has 2 N–H and O–H groups in total. The van der Waals surface area contributed by atoms with Crippen LogP contribution in [-0.4, -0.2) is 43.7 Å². The molecular weight excluding hydrogens is 338 g/mol. The standard InChI is InChI=1S/C15H32O5S.2Na.2H/c1-2-3-4-5-6-7-8-9-10-11-12-20-21(18,19)14-15(17)13-16;;;;/h15-17H,2-14H2,1H3;;;;/q;2*+1;2*-1. The Bertz CT molecular complexity index is 336. The summed E-state index contributed by atoms with van der Waals surface area (Å²) in [7, 11) is -3.71. The Balaban J connectivity index is -0.000000333. The second-order valence-electron chi connectivity index (χ2n) is 5.56. The van der Waals surface area contributed by atoms with Gasteiger partial charge < -0.3 is 13.1 Å². The van der Waals surface area contributed by atoms with Crippen LogP contribution in [0.2, 0.25) is 0 Å². The Hall–Kier alpha value is 1.83. The molecule has 0 radical (unpaired) electrons. The number of rotatable bonds is 15. The van der Waals surface area contributed by atoms with Gasteiger partial charge in [0.2, 0.25) is 0 Å². The largest absolute Gasteiger partial charge is 1.00 e. The summed E-state index contributed by atoms with van der Waals surface area (Å²) in [5.41, 5.74) is 0. The minimum Gasteiger partial charge on any atom is -1.00 e. The van der Waals surface area contributed by atoms with E-state index in [1.54, 1.807) is 0 Å². The fraction of sp³-hybridized carbons (Fsp3) is 1.00. The molecule has 0 aliphatic heterocycles. The van der Waals surface area contributed by atoms with Crippen molar-refractivity contribution in [3.05, 3.63) is 0 Å². The molecule has 0 aromatic rings. The van der Waals surface area contributed by atoms with Crippen LogP contribution in [-0.2, 0) is 14.3 Å². The normalized spacial score (nSPS) is 12.3. The van der Waals surface area contributed by atoms with Gasteiger partial charge in [-0.2, -0.15) is 8.42 Å². The molecule has 0 bridgehead atoms. The zero-order chi connectivity index (χ0) is 16.0. The minimum absolute atomic E-state index is 0. The summed E-state index contributed by atoms with van der Waals surface area (Å²) in [4.78, 5) is 0. The van der Waals surface area contributed by atoms with Crippen LogP contribution in [0.25, 0.3) is 0 Å². The van der Waals surface area contributed by atoms with Gasteiger partial charge in [-0.3, -0.25) is 4.18 Å². The van der Waals surface area contributed by atoms with E-state index in [2.05, 4.69) is 6.92 Å². The summed E-state index contributed by atoms with van der Waals surface area (Å²) < 4.78 is 27.5. The molecule has 0 aliphatic carbocycles. The van der Waals surface area contributed by atoms with Crippen molar-refractivity contribution >= 4 is 10.1 Å². The van der Waals surface area contributed by atoms with Crippen LogP contribution >= 0.6 is 0 Å². The molecule has 0 rings (SSSR count).